The summed E-state index contributed by atoms with van der Waals surface area (Å²) < 4.78 is 13.6. The minimum absolute atomic E-state index is 0.125. The third kappa shape index (κ3) is 2.96. The van der Waals surface area contributed by atoms with Crippen LogP contribution in [0.5, 0.6) is 0 Å². The molecular weight excluding hydrogens is 299 g/mol. The highest BCUT2D eigenvalue weighted by Crippen LogP contribution is 2.27. The second-order valence-electron chi connectivity index (χ2n) is 7.11. The number of benzene rings is 2. The van der Waals surface area contributed by atoms with Crippen LogP contribution in [-0.2, 0) is 13.0 Å². The molecule has 1 aliphatic rings. The standard InChI is InChI=1S/C21H23FN2/c1-14-3-4-17-10-19(23-21(17)9-14)13-24-8-7-16-5-6-18(22)11-20(16)15(2)12-24/h3-6,9-11,15,23H,7-8,12-13H2,1-2H3. The van der Waals surface area contributed by atoms with Gasteiger partial charge in [0.2, 0.25) is 0 Å². The number of nitrogens with zero attached hydrogens (tertiary/aromatic N) is 1. The summed E-state index contributed by atoms with van der Waals surface area (Å²) in [7, 11) is 0. The van der Waals surface area contributed by atoms with Crippen LogP contribution in [0.3, 0.4) is 0 Å². The highest BCUT2D eigenvalue weighted by molar-refractivity contribution is 5.81. The average molecular weight is 322 g/mol. The number of fused-ring (bicyclic) bond motifs is 2. The molecule has 1 unspecified atom stereocenters. The van der Waals surface area contributed by atoms with Gasteiger partial charge in [-0.1, -0.05) is 25.1 Å². The Labute approximate surface area is 142 Å². The predicted molar refractivity (Wildman–Crippen MR) is 96.8 cm³/mol. The fraction of sp³-hybridized carbons (Fsp3) is 0.333. The van der Waals surface area contributed by atoms with E-state index >= 15 is 0 Å². The van der Waals surface area contributed by atoms with Gasteiger partial charge in [0.1, 0.15) is 5.82 Å². The van der Waals surface area contributed by atoms with Crippen molar-refractivity contribution in [3.63, 3.8) is 0 Å². The van der Waals surface area contributed by atoms with Crippen LogP contribution in [-0.4, -0.2) is 23.0 Å². The number of halogens is 1. The van der Waals surface area contributed by atoms with Crippen LogP contribution in [0.1, 0.15) is 35.2 Å². The second kappa shape index (κ2) is 6.06. The SMILES string of the molecule is Cc1ccc2cc(CN3CCc4ccc(F)cc4C(C)C3)[nH]c2c1. The lowest BCUT2D eigenvalue weighted by Gasteiger charge is -2.22. The molecule has 2 heterocycles. The summed E-state index contributed by atoms with van der Waals surface area (Å²) in [5.41, 5.74) is 6.19. The zero-order chi connectivity index (χ0) is 16.7. The van der Waals surface area contributed by atoms with E-state index in [2.05, 4.69) is 48.0 Å². The molecule has 1 N–H and O–H groups in total. The maximum atomic E-state index is 13.6. The predicted octanol–water partition coefficient (Wildman–Crippen LogP) is 4.78. The molecule has 0 bridgehead atoms. The first-order chi connectivity index (χ1) is 11.6. The van der Waals surface area contributed by atoms with Crippen molar-refractivity contribution in [1.29, 1.82) is 0 Å². The van der Waals surface area contributed by atoms with Crippen molar-refractivity contribution < 1.29 is 4.39 Å². The van der Waals surface area contributed by atoms with Crippen molar-refractivity contribution in [2.75, 3.05) is 13.1 Å². The molecule has 2 aromatic carbocycles. The normalized spacial score (nSPS) is 18.5. The van der Waals surface area contributed by atoms with Crippen molar-refractivity contribution in [2.45, 2.75) is 32.7 Å². The number of hydrogen-bond acceptors (Lipinski definition) is 1. The van der Waals surface area contributed by atoms with E-state index in [1.165, 1.54) is 33.3 Å². The van der Waals surface area contributed by atoms with Crippen LogP contribution in [0, 0.1) is 12.7 Å². The summed E-state index contributed by atoms with van der Waals surface area (Å²) in [5, 5.41) is 1.27. The molecule has 4 rings (SSSR count). The van der Waals surface area contributed by atoms with E-state index in [0.29, 0.717) is 5.92 Å². The van der Waals surface area contributed by atoms with E-state index in [9.17, 15) is 4.39 Å². The number of rotatable bonds is 2. The molecular formula is C21H23FN2. The van der Waals surface area contributed by atoms with Crippen LogP contribution in [0.25, 0.3) is 10.9 Å². The molecule has 24 heavy (non-hydrogen) atoms. The van der Waals surface area contributed by atoms with E-state index in [1.807, 2.05) is 6.07 Å². The Balaban J connectivity index is 1.55. The Morgan fingerprint density at radius 1 is 1.17 bits per heavy atom. The van der Waals surface area contributed by atoms with Crippen LogP contribution in [0.4, 0.5) is 4.39 Å². The van der Waals surface area contributed by atoms with Crippen LogP contribution < -0.4 is 0 Å². The maximum absolute atomic E-state index is 13.6. The lowest BCUT2D eigenvalue weighted by Crippen LogP contribution is -2.27. The van der Waals surface area contributed by atoms with Gasteiger partial charge in [-0.25, -0.2) is 4.39 Å². The summed E-state index contributed by atoms with van der Waals surface area (Å²) in [6.07, 6.45) is 0.985. The first-order valence-electron chi connectivity index (χ1n) is 8.67. The minimum Gasteiger partial charge on any atom is -0.357 e. The Kier molecular flexibility index (Phi) is 3.89. The van der Waals surface area contributed by atoms with E-state index in [4.69, 9.17) is 0 Å². The maximum Gasteiger partial charge on any atom is 0.123 e. The molecule has 1 atom stereocenters. The van der Waals surface area contributed by atoms with Gasteiger partial charge < -0.3 is 4.98 Å². The molecule has 124 valence electrons. The van der Waals surface area contributed by atoms with Gasteiger partial charge >= 0.3 is 0 Å². The molecule has 0 radical (unpaired) electrons. The Morgan fingerprint density at radius 3 is 2.92 bits per heavy atom. The van der Waals surface area contributed by atoms with Gasteiger partial charge in [-0.05, 0) is 65.6 Å². The number of nitrogens with one attached hydrogen (secondary N) is 1. The van der Waals surface area contributed by atoms with Crippen LogP contribution in [0.15, 0.2) is 42.5 Å². The molecule has 0 spiro atoms. The third-order valence-electron chi connectivity index (χ3n) is 5.10. The molecule has 0 fully saturated rings. The van der Waals surface area contributed by atoms with Crippen LogP contribution in [0.2, 0.25) is 0 Å². The largest absolute Gasteiger partial charge is 0.357 e. The lowest BCUT2D eigenvalue weighted by molar-refractivity contribution is 0.261. The average Bonchev–Trinajstić information content (AvgIpc) is 2.87. The third-order valence-corrected chi connectivity index (χ3v) is 5.10. The monoisotopic (exact) mass is 322 g/mol. The van der Waals surface area contributed by atoms with Crippen molar-refractivity contribution >= 4 is 10.9 Å². The first kappa shape index (κ1) is 15.4. The van der Waals surface area contributed by atoms with Crippen molar-refractivity contribution in [2.24, 2.45) is 0 Å². The highest BCUT2D eigenvalue weighted by atomic mass is 19.1. The summed E-state index contributed by atoms with van der Waals surface area (Å²) in [4.78, 5) is 6.02. The number of H-pyrrole nitrogens is 1. The zero-order valence-electron chi connectivity index (χ0n) is 14.3. The van der Waals surface area contributed by atoms with Gasteiger partial charge in [0.05, 0.1) is 0 Å². The van der Waals surface area contributed by atoms with Gasteiger partial charge in [0.15, 0.2) is 0 Å². The Hall–Kier alpha value is -2.13. The number of hydrogen-bond donors (Lipinski definition) is 1. The number of aromatic nitrogens is 1. The minimum atomic E-state index is -0.125. The summed E-state index contributed by atoms with van der Waals surface area (Å²) >= 11 is 0. The Morgan fingerprint density at radius 2 is 2.04 bits per heavy atom. The quantitative estimate of drug-likeness (QED) is 0.719. The van der Waals surface area contributed by atoms with E-state index in [0.717, 1.165) is 26.1 Å². The number of aryl methyl sites for hydroxylation is 1. The van der Waals surface area contributed by atoms with Crippen molar-refractivity contribution in [3.05, 3.63) is 70.7 Å². The second-order valence-corrected chi connectivity index (χ2v) is 7.11. The lowest BCUT2D eigenvalue weighted by atomic mass is 9.95. The van der Waals surface area contributed by atoms with Gasteiger partial charge in [0.25, 0.3) is 0 Å². The summed E-state index contributed by atoms with van der Waals surface area (Å²) in [6.45, 7) is 7.20. The molecule has 1 aromatic heterocycles. The van der Waals surface area contributed by atoms with E-state index in [-0.39, 0.29) is 5.82 Å². The van der Waals surface area contributed by atoms with Gasteiger partial charge in [-0.2, -0.15) is 0 Å². The fourth-order valence-corrected chi connectivity index (χ4v) is 3.88. The molecule has 3 aromatic rings. The van der Waals surface area contributed by atoms with Gasteiger partial charge in [-0.3, -0.25) is 4.90 Å². The molecule has 0 aliphatic carbocycles. The first-order valence-corrected chi connectivity index (χ1v) is 8.67. The molecule has 2 nitrogen and oxygen atoms in total. The molecule has 1 aliphatic heterocycles. The number of aromatic amines is 1. The topological polar surface area (TPSA) is 19.0 Å². The van der Waals surface area contributed by atoms with Crippen LogP contribution >= 0.6 is 0 Å². The molecule has 0 amide bonds. The fourth-order valence-electron chi connectivity index (χ4n) is 3.88. The van der Waals surface area contributed by atoms with Gasteiger partial charge in [0, 0.05) is 30.8 Å². The van der Waals surface area contributed by atoms with Gasteiger partial charge in [-0.15, -0.1) is 0 Å². The summed E-state index contributed by atoms with van der Waals surface area (Å²) in [5.74, 6) is 0.227. The smallest absolute Gasteiger partial charge is 0.123 e. The van der Waals surface area contributed by atoms with E-state index in [1.54, 1.807) is 12.1 Å². The van der Waals surface area contributed by atoms with Crippen molar-refractivity contribution in [1.82, 2.24) is 9.88 Å². The van der Waals surface area contributed by atoms with Crippen molar-refractivity contribution in [3.8, 4) is 0 Å². The zero-order valence-corrected chi connectivity index (χ0v) is 14.3. The summed E-state index contributed by atoms with van der Waals surface area (Å²) in [6, 6.07) is 14.0. The Bertz CT molecular complexity index is 881. The van der Waals surface area contributed by atoms with E-state index < -0.39 is 0 Å². The highest BCUT2D eigenvalue weighted by Gasteiger charge is 2.20. The molecule has 3 heteroatoms. The molecule has 0 saturated carbocycles. The molecule has 0 saturated heterocycles.